The third-order valence-electron chi connectivity index (χ3n) is 1.73. The average molecular weight is 180 g/mol. The van der Waals surface area contributed by atoms with Crippen molar-refractivity contribution < 1.29 is 13.2 Å². The van der Waals surface area contributed by atoms with Gasteiger partial charge in [0.15, 0.2) is 0 Å². The Kier molecular flexibility index (Phi) is 5.02. The fourth-order valence-electron chi connectivity index (χ4n) is 0.794. The van der Waals surface area contributed by atoms with Crippen molar-refractivity contribution in [2.45, 2.75) is 39.3 Å². The fourth-order valence-corrected chi connectivity index (χ4v) is 0.794. The molecule has 0 bridgehead atoms. The van der Waals surface area contributed by atoms with Crippen LogP contribution in [0.3, 0.4) is 0 Å². The Morgan fingerprint density at radius 3 is 2.25 bits per heavy atom. The van der Waals surface area contributed by atoms with Crippen LogP contribution in [0.1, 0.15) is 33.1 Å². The zero-order valence-corrected chi connectivity index (χ0v) is 7.49. The zero-order chi connectivity index (χ0) is 9.61. The summed E-state index contributed by atoms with van der Waals surface area (Å²) in [7, 11) is 0. The van der Waals surface area contributed by atoms with Gasteiger partial charge < -0.3 is 0 Å². The Labute approximate surface area is 71.5 Å². The Balaban J connectivity index is 3.58. The van der Waals surface area contributed by atoms with E-state index in [2.05, 4.69) is 0 Å². The van der Waals surface area contributed by atoms with E-state index in [1.807, 2.05) is 19.1 Å². The predicted molar refractivity (Wildman–Crippen MR) is 43.9 cm³/mol. The molecule has 12 heavy (non-hydrogen) atoms. The molecule has 0 amide bonds. The lowest BCUT2D eigenvalue weighted by Crippen LogP contribution is -2.19. The van der Waals surface area contributed by atoms with Gasteiger partial charge in [0.1, 0.15) is 0 Å². The van der Waals surface area contributed by atoms with Gasteiger partial charge >= 0.3 is 6.18 Å². The lowest BCUT2D eigenvalue weighted by molar-refractivity contribution is -0.170. The van der Waals surface area contributed by atoms with Crippen LogP contribution in [0.5, 0.6) is 0 Å². The first-order valence-electron chi connectivity index (χ1n) is 4.20. The van der Waals surface area contributed by atoms with Crippen molar-refractivity contribution in [2.24, 2.45) is 5.92 Å². The molecule has 1 unspecified atom stereocenters. The molecule has 0 aromatic carbocycles. The van der Waals surface area contributed by atoms with E-state index in [0.29, 0.717) is 6.42 Å². The summed E-state index contributed by atoms with van der Waals surface area (Å²) >= 11 is 0. The minimum Gasteiger partial charge on any atom is -0.171 e. The van der Waals surface area contributed by atoms with Crippen LogP contribution >= 0.6 is 0 Å². The molecule has 0 aliphatic carbocycles. The summed E-state index contributed by atoms with van der Waals surface area (Å²) in [6.45, 7) is 3.18. The minimum atomic E-state index is -4.03. The van der Waals surface area contributed by atoms with Crippen LogP contribution in [0.25, 0.3) is 0 Å². The summed E-state index contributed by atoms with van der Waals surface area (Å²) in [5.41, 5.74) is 0. The molecule has 0 saturated carbocycles. The minimum absolute atomic E-state index is 0.194. The predicted octanol–water partition coefficient (Wildman–Crippen LogP) is 3.93. The monoisotopic (exact) mass is 180 g/mol. The lowest BCUT2D eigenvalue weighted by atomic mass is 10.1. The molecule has 0 aliphatic rings. The van der Waals surface area contributed by atoms with Crippen molar-refractivity contribution in [2.75, 3.05) is 0 Å². The van der Waals surface area contributed by atoms with Crippen molar-refractivity contribution in [3.8, 4) is 0 Å². The molecule has 0 N–H and O–H groups in total. The number of alkyl halides is 3. The molecule has 0 nitrogen and oxygen atoms in total. The molecule has 0 spiro atoms. The maximum absolute atomic E-state index is 11.9. The summed E-state index contributed by atoms with van der Waals surface area (Å²) in [6, 6.07) is 0. The van der Waals surface area contributed by atoms with E-state index in [0.717, 1.165) is 6.42 Å². The van der Waals surface area contributed by atoms with E-state index >= 15 is 0 Å². The molecule has 0 aliphatic heterocycles. The maximum Gasteiger partial charge on any atom is 0.391 e. The zero-order valence-electron chi connectivity index (χ0n) is 7.49. The molecule has 0 saturated heterocycles. The van der Waals surface area contributed by atoms with Crippen LogP contribution in [0.4, 0.5) is 13.2 Å². The van der Waals surface area contributed by atoms with Crippen molar-refractivity contribution in [3.05, 3.63) is 12.2 Å². The molecule has 0 aromatic heterocycles. The van der Waals surface area contributed by atoms with Crippen molar-refractivity contribution in [3.63, 3.8) is 0 Å². The van der Waals surface area contributed by atoms with Crippen molar-refractivity contribution in [1.82, 2.24) is 0 Å². The van der Waals surface area contributed by atoms with E-state index in [-0.39, 0.29) is 6.42 Å². The second kappa shape index (κ2) is 5.22. The molecule has 0 fully saturated rings. The van der Waals surface area contributed by atoms with Crippen LogP contribution in [-0.4, -0.2) is 6.18 Å². The first-order valence-corrected chi connectivity index (χ1v) is 4.20. The highest BCUT2D eigenvalue weighted by atomic mass is 19.4. The van der Waals surface area contributed by atoms with Gasteiger partial charge in [-0.1, -0.05) is 26.0 Å². The second-order valence-electron chi connectivity index (χ2n) is 2.90. The molecule has 72 valence electrons. The van der Waals surface area contributed by atoms with Gasteiger partial charge in [-0.05, 0) is 19.3 Å². The van der Waals surface area contributed by atoms with Gasteiger partial charge in [-0.15, -0.1) is 0 Å². The topological polar surface area (TPSA) is 0 Å². The lowest BCUT2D eigenvalue weighted by Gasteiger charge is -2.13. The molecular weight excluding hydrogens is 165 g/mol. The van der Waals surface area contributed by atoms with Crippen LogP contribution in [0, 0.1) is 5.92 Å². The standard InChI is InChI=1S/C9H15F3/c1-3-4-5-6-7-8(2)9(10,11)12/h4-5,8H,3,6-7H2,1-2H3. The third-order valence-corrected chi connectivity index (χ3v) is 1.73. The number of hydrogen-bond acceptors (Lipinski definition) is 0. The van der Waals surface area contributed by atoms with E-state index in [1.165, 1.54) is 6.92 Å². The van der Waals surface area contributed by atoms with Gasteiger partial charge in [0, 0.05) is 0 Å². The average Bonchev–Trinajstić information content (AvgIpc) is 1.96. The maximum atomic E-state index is 11.9. The summed E-state index contributed by atoms with van der Waals surface area (Å²) in [5.74, 6) is -1.18. The van der Waals surface area contributed by atoms with Gasteiger partial charge in [-0.3, -0.25) is 0 Å². The van der Waals surface area contributed by atoms with Crippen molar-refractivity contribution >= 4 is 0 Å². The summed E-state index contributed by atoms with van der Waals surface area (Å²) in [4.78, 5) is 0. The van der Waals surface area contributed by atoms with Crippen LogP contribution in [0.15, 0.2) is 12.2 Å². The molecule has 1 atom stereocenters. The normalized spacial score (nSPS) is 15.4. The summed E-state index contributed by atoms with van der Waals surface area (Å²) in [6.07, 6.45) is 1.28. The Morgan fingerprint density at radius 2 is 1.83 bits per heavy atom. The summed E-state index contributed by atoms with van der Waals surface area (Å²) in [5, 5.41) is 0. The third kappa shape index (κ3) is 5.22. The smallest absolute Gasteiger partial charge is 0.171 e. The van der Waals surface area contributed by atoms with Crippen LogP contribution in [0.2, 0.25) is 0 Å². The Hall–Kier alpha value is -0.470. The van der Waals surface area contributed by atoms with Gasteiger partial charge in [0.2, 0.25) is 0 Å². The van der Waals surface area contributed by atoms with Gasteiger partial charge in [0.05, 0.1) is 5.92 Å². The van der Waals surface area contributed by atoms with Gasteiger partial charge in [0.25, 0.3) is 0 Å². The molecule has 3 heteroatoms. The Bertz CT molecular complexity index is 135. The molecular formula is C9H15F3. The first-order chi connectivity index (χ1) is 5.48. The van der Waals surface area contributed by atoms with Gasteiger partial charge in [-0.2, -0.15) is 13.2 Å². The fraction of sp³-hybridized carbons (Fsp3) is 0.778. The molecule has 0 aromatic rings. The molecule has 0 rings (SSSR count). The molecule has 0 heterocycles. The number of halogens is 3. The quantitative estimate of drug-likeness (QED) is 0.575. The highest BCUT2D eigenvalue weighted by molar-refractivity contribution is 4.81. The Morgan fingerprint density at radius 1 is 1.25 bits per heavy atom. The summed E-state index contributed by atoms with van der Waals surface area (Å²) < 4.78 is 35.8. The highest BCUT2D eigenvalue weighted by Crippen LogP contribution is 2.29. The number of rotatable bonds is 4. The van der Waals surface area contributed by atoms with Gasteiger partial charge in [-0.25, -0.2) is 0 Å². The highest BCUT2D eigenvalue weighted by Gasteiger charge is 2.34. The van der Waals surface area contributed by atoms with E-state index in [4.69, 9.17) is 0 Å². The largest absolute Gasteiger partial charge is 0.391 e. The van der Waals surface area contributed by atoms with E-state index in [1.54, 1.807) is 0 Å². The second-order valence-corrected chi connectivity index (χ2v) is 2.90. The van der Waals surface area contributed by atoms with Crippen LogP contribution < -0.4 is 0 Å². The number of hydrogen-bond donors (Lipinski definition) is 0. The van der Waals surface area contributed by atoms with Crippen molar-refractivity contribution in [1.29, 1.82) is 0 Å². The van der Waals surface area contributed by atoms with E-state index < -0.39 is 12.1 Å². The molecule has 0 radical (unpaired) electrons. The van der Waals surface area contributed by atoms with Crippen LogP contribution in [-0.2, 0) is 0 Å². The number of allylic oxidation sites excluding steroid dienone is 2. The first kappa shape index (κ1) is 11.5. The SMILES string of the molecule is CCC=CCCC(C)C(F)(F)F. The van der Waals surface area contributed by atoms with E-state index in [9.17, 15) is 13.2 Å².